The molecule has 4 rings (SSSR count). The van der Waals surface area contributed by atoms with Gasteiger partial charge in [-0.3, -0.25) is 14.2 Å². The van der Waals surface area contributed by atoms with Gasteiger partial charge in [-0.05, 0) is 49.2 Å². The van der Waals surface area contributed by atoms with Gasteiger partial charge in [0.15, 0.2) is 5.65 Å². The van der Waals surface area contributed by atoms with E-state index < -0.39 is 11.5 Å². The lowest BCUT2D eigenvalue weighted by atomic mass is 10.1. The zero-order chi connectivity index (χ0) is 21.1. The Bertz CT molecular complexity index is 1110. The van der Waals surface area contributed by atoms with E-state index >= 15 is 0 Å². The van der Waals surface area contributed by atoms with Crippen LogP contribution in [-0.2, 0) is 0 Å². The first kappa shape index (κ1) is 19.9. The van der Waals surface area contributed by atoms with Crippen molar-refractivity contribution in [2.24, 2.45) is 0 Å². The quantitative estimate of drug-likeness (QED) is 0.645. The summed E-state index contributed by atoms with van der Waals surface area (Å²) < 4.78 is 6.55. The molecule has 2 heterocycles. The summed E-state index contributed by atoms with van der Waals surface area (Å²) in [7, 11) is 1.56. The lowest BCUT2D eigenvalue weighted by Gasteiger charge is -2.18. The van der Waals surface area contributed by atoms with E-state index in [4.69, 9.17) is 4.74 Å². The molecule has 0 saturated heterocycles. The molecule has 1 fully saturated rings. The second kappa shape index (κ2) is 8.57. The summed E-state index contributed by atoms with van der Waals surface area (Å²) in [6.07, 6.45) is 7.73. The van der Waals surface area contributed by atoms with Crippen LogP contribution in [0.5, 0.6) is 11.5 Å². The minimum absolute atomic E-state index is 0.0119. The number of amides is 1. The maximum absolute atomic E-state index is 13.4. The van der Waals surface area contributed by atoms with Gasteiger partial charge in [-0.1, -0.05) is 25.7 Å². The minimum Gasteiger partial charge on any atom is -0.506 e. The topological polar surface area (TPSA) is 93.5 Å². The molecule has 1 aliphatic rings. The van der Waals surface area contributed by atoms with E-state index in [0.29, 0.717) is 16.8 Å². The molecule has 0 unspecified atom stereocenters. The number of nitrogens with zero attached hydrogens (tertiary/aromatic N) is 2. The average molecular weight is 407 g/mol. The molecule has 2 aromatic heterocycles. The number of benzene rings is 1. The lowest BCUT2D eigenvalue weighted by Crippen LogP contribution is -2.38. The highest BCUT2D eigenvalue weighted by molar-refractivity contribution is 6.02. The molecule has 2 N–H and O–H groups in total. The summed E-state index contributed by atoms with van der Waals surface area (Å²) in [5.41, 5.74) is -0.0326. The fourth-order valence-corrected chi connectivity index (χ4v) is 4.06. The number of rotatable bonds is 4. The normalized spacial score (nSPS) is 15.0. The van der Waals surface area contributed by atoms with E-state index in [0.717, 1.165) is 38.5 Å². The standard InChI is InChI=1S/C23H25N3O4/c1-30-17-12-10-16(11-13-17)26-21-18(9-6-14-24-21)20(27)19(23(26)29)22(28)25-15-7-4-2-3-5-8-15/h6,9-15,27H,2-5,7-8H2,1H3,(H,25,28). The molecule has 7 heteroatoms. The Morgan fingerprint density at radius 2 is 1.83 bits per heavy atom. The molecule has 0 aliphatic heterocycles. The van der Waals surface area contributed by atoms with Crippen molar-refractivity contribution in [2.45, 2.75) is 44.6 Å². The average Bonchev–Trinajstić information content (AvgIpc) is 3.03. The Morgan fingerprint density at radius 3 is 2.50 bits per heavy atom. The van der Waals surface area contributed by atoms with Crippen molar-refractivity contribution in [3.63, 3.8) is 0 Å². The van der Waals surface area contributed by atoms with Crippen LogP contribution >= 0.6 is 0 Å². The minimum atomic E-state index is -0.602. The van der Waals surface area contributed by atoms with Crippen LogP contribution in [0.4, 0.5) is 0 Å². The van der Waals surface area contributed by atoms with Gasteiger partial charge in [0.25, 0.3) is 11.5 Å². The van der Waals surface area contributed by atoms with Crippen molar-refractivity contribution in [1.29, 1.82) is 0 Å². The second-order valence-corrected chi connectivity index (χ2v) is 7.60. The predicted molar refractivity (Wildman–Crippen MR) is 115 cm³/mol. The molecule has 1 aromatic carbocycles. The summed E-state index contributed by atoms with van der Waals surface area (Å²) in [6.45, 7) is 0. The lowest BCUT2D eigenvalue weighted by molar-refractivity contribution is 0.0929. The molecule has 0 atom stereocenters. The molecular formula is C23H25N3O4. The Balaban J connectivity index is 1.83. The van der Waals surface area contributed by atoms with Crippen LogP contribution in [-0.4, -0.2) is 33.7 Å². The van der Waals surface area contributed by atoms with Crippen molar-refractivity contribution in [3.8, 4) is 17.2 Å². The molecule has 0 radical (unpaired) electrons. The monoisotopic (exact) mass is 407 g/mol. The molecular weight excluding hydrogens is 382 g/mol. The number of fused-ring (bicyclic) bond motifs is 1. The zero-order valence-electron chi connectivity index (χ0n) is 16.9. The summed E-state index contributed by atoms with van der Waals surface area (Å²) >= 11 is 0. The Labute approximate surface area is 174 Å². The Kier molecular flexibility index (Phi) is 5.70. The molecule has 1 amide bonds. The van der Waals surface area contributed by atoms with E-state index in [-0.39, 0.29) is 23.0 Å². The van der Waals surface area contributed by atoms with Gasteiger partial charge in [0.2, 0.25) is 0 Å². The summed E-state index contributed by atoms with van der Waals surface area (Å²) in [4.78, 5) is 30.7. The summed E-state index contributed by atoms with van der Waals surface area (Å²) in [5.74, 6) is -0.231. The molecule has 0 spiro atoms. The third kappa shape index (κ3) is 3.75. The van der Waals surface area contributed by atoms with Crippen molar-refractivity contribution in [2.75, 3.05) is 7.11 Å². The largest absolute Gasteiger partial charge is 0.506 e. The maximum Gasteiger partial charge on any atom is 0.273 e. The van der Waals surface area contributed by atoms with Gasteiger partial charge < -0.3 is 15.2 Å². The highest BCUT2D eigenvalue weighted by Gasteiger charge is 2.25. The van der Waals surface area contributed by atoms with E-state index in [1.165, 1.54) is 4.57 Å². The SMILES string of the molecule is COc1ccc(-n2c(=O)c(C(=O)NC3CCCCCC3)c(O)c3cccnc32)cc1. The van der Waals surface area contributed by atoms with Crippen molar-refractivity contribution in [3.05, 3.63) is 58.5 Å². The molecule has 156 valence electrons. The van der Waals surface area contributed by atoms with Crippen LogP contribution in [0.3, 0.4) is 0 Å². The third-order valence-electron chi connectivity index (χ3n) is 5.66. The number of carbonyl (C=O) groups is 1. The van der Waals surface area contributed by atoms with Crippen LogP contribution in [0.15, 0.2) is 47.4 Å². The van der Waals surface area contributed by atoms with Crippen LogP contribution in [0, 0.1) is 0 Å². The Hall–Kier alpha value is -3.35. The molecule has 1 saturated carbocycles. The van der Waals surface area contributed by atoms with Gasteiger partial charge in [-0.15, -0.1) is 0 Å². The summed E-state index contributed by atoms with van der Waals surface area (Å²) in [5, 5.41) is 14.1. The van der Waals surface area contributed by atoms with E-state index in [2.05, 4.69) is 10.3 Å². The highest BCUT2D eigenvalue weighted by atomic mass is 16.5. The number of pyridine rings is 2. The van der Waals surface area contributed by atoms with Gasteiger partial charge in [-0.25, -0.2) is 4.98 Å². The van der Waals surface area contributed by atoms with Gasteiger partial charge in [0.05, 0.1) is 18.2 Å². The number of methoxy groups -OCH3 is 1. The zero-order valence-corrected chi connectivity index (χ0v) is 16.9. The molecule has 3 aromatic rings. The first-order valence-electron chi connectivity index (χ1n) is 10.3. The predicted octanol–water partition coefficient (Wildman–Crippen LogP) is 3.55. The van der Waals surface area contributed by atoms with Crippen LogP contribution < -0.4 is 15.6 Å². The first-order chi connectivity index (χ1) is 14.6. The fraction of sp³-hybridized carbons (Fsp3) is 0.348. The second-order valence-electron chi connectivity index (χ2n) is 7.60. The van der Waals surface area contributed by atoms with Gasteiger partial charge in [0, 0.05) is 12.2 Å². The van der Waals surface area contributed by atoms with Gasteiger partial charge in [0.1, 0.15) is 17.1 Å². The molecule has 30 heavy (non-hydrogen) atoms. The third-order valence-corrected chi connectivity index (χ3v) is 5.66. The van der Waals surface area contributed by atoms with E-state index in [1.807, 2.05) is 0 Å². The molecule has 1 aliphatic carbocycles. The van der Waals surface area contributed by atoms with Crippen molar-refractivity contribution >= 4 is 16.9 Å². The number of aromatic nitrogens is 2. The summed E-state index contributed by atoms with van der Waals surface area (Å²) in [6, 6.07) is 10.2. The highest BCUT2D eigenvalue weighted by Crippen LogP contribution is 2.28. The van der Waals surface area contributed by atoms with Crippen molar-refractivity contribution in [1.82, 2.24) is 14.9 Å². The van der Waals surface area contributed by atoms with E-state index in [9.17, 15) is 14.7 Å². The van der Waals surface area contributed by atoms with E-state index in [1.54, 1.807) is 49.7 Å². The number of aromatic hydroxyl groups is 1. The van der Waals surface area contributed by atoms with Crippen LogP contribution in [0.2, 0.25) is 0 Å². The number of hydrogen-bond donors (Lipinski definition) is 2. The molecule has 0 bridgehead atoms. The smallest absolute Gasteiger partial charge is 0.273 e. The number of carbonyl (C=O) groups excluding carboxylic acids is 1. The van der Waals surface area contributed by atoms with Gasteiger partial charge in [-0.2, -0.15) is 0 Å². The van der Waals surface area contributed by atoms with Crippen LogP contribution in [0.25, 0.3) is 16.7 Å². The van der Waals surface area contributed by atoms with Crippen LogP contribution in [0.1, 0.15) is 48.9 Å². The first-order valence-corrected chi connectivity index (χ1v) is 10.3. The fourth-order valence-electron chi connectivity index (χ4n) is 4.06. The maximum atomic E-state index is 13.4. The Morgan fingerprint density at radius 1 is 1.13 bits per heavy atom. The number of hydrogen-bond acceptors (Lipinski definition) is 5. The number of ether oxygens (including phenoxy) is 1. The molecule has 7 nitrogen and oxygen atoms in total. The number of nitrogens with one attached hydrogen (secondary N) is 1. The van der Waals surface area contributed by atoms with Crippen molar-refractivity contribution < 1.29 is 14.6 Å². The van der Waals surface area contributed by atoms with Gasteiger partial charge >= 0.3 is 0 Å².